The van der Waals surface area contributed by atoms with Gasteiger partial charge in [0.2, 0.25) is 0 Å². The van der Waals surface area contributed by atoms with Crippen molar-refractivity contribution in [3.63, 3.8) is 0 Å². The first-order valence-corrected chi connectivity index (χ1v) is 4.76. The number of carbonyl (C=O) groups excluding carboxylic acids is 2. The second-order valence-corrected chi connectivity index (χ2v) is 3.57. The average molecular weight is 213 g/mol. The molecule has 0 aromatic rings. The molecule has 0 radical (unpaired) electrons. The van der Waals surface area contributed by atoms with Crippen molar-refractivity contribution < 1.29 is 19.1 Å². The summed E-state index contributed by atoms with van der Waals surface area (Å²) in [5.74, 6) is -0.989. The van der Waals surface area contributed by atoms with Gasteiger partial charge in [0, 0.05) is 6.54 Å². The average Bonchev–Trinajstić information content (AvgIpc) is 2.10. The predicted molar refractivity (Wildman–Crippen MR) is 53.2 cm³/mol. The van der Waals surface area contributed by atoms with Crippen LogP contribution in [0.1, 0.15) is 6.92 Å². The molecule has 1 aliphatic rings. The lowest BCUT2D eigenvalue weighted by molar-refractivity contribution is -0.167. The van der Waals surface area contributed by atoms with Crippen molar-refractivity contribution in [1.82, 2.24) is 4.90 Å². The molecule has 0 spiro atoms. The molecule has 0 atom stereocenters. The summed E-state index contributed by atoms with van der Waals surface area (Å²) in [5.41, 5.74) is 0.948. The van der Waals surface area contributed by atoms with Gasteiger partial charge in [-0.3, -0.25) is 14.5 Å². The molecule has 5 heteroatoms. The fourth-order valence-electron chi connectivity index (χ4n) is 1.21. The van der Waals surface area contributed by atoms with Gasteiger partial charge in [0.05, 0.1) is 26.3 Å². The fraction of sp³-hybridized carbons (Fsp3) is 0.600. The zero-order chi connectivity index (χ0) is 11.3. The Balaban J connectivity index is 2.18. The van der Waals surface area contributed by atoms with E-state index in [2.05, 4.69) is 11.3 Å². The maximum Gasteiger partial charge on any atom is 0.327 e. The van der Waals surface area contributed by atoms with Gasteiger partial charge in [0.15, 0.2) is 0 Å². The summed E-state index contributed by atoms with van der Waals surface area (Å²) in [6.45, 7) is 7.42. The first kappa shape index (κ1) is 11.9. The quantitative estimate of drug-likeness (QED) is 0.278. The molecule has 1 rings (SSSR count). The van der Waals surface area contributed by atoms with Gasteiger partial charge in [-0.25, -0.2) is 0 Å². The van der Waals surface area contributed by atoms with E-state index in [1.807, 2.05) is 6.92 Å². The fourth-order valence-corrected chi connectivity index (χ4v) is 1.21. The summed E-state index contributed by atoms with van der Waals surface area (Å²) < 4.78 is 9.65. The van der Waals surface area contributed by atoms with E-state index in [0.29, 0.717) is 19.8 Å². The van der Waals surface area contributed by atoms with Gasteiger partial charge >= 0.3 is 11.9 Å². The van der Waals surface area contributed by atoms with Crippen LogP contribution in [0.4, 0.5) is 0 Å². The van der Waals surface area contributed by atoms with Crippen LogP contribution in [0.15, 0.2) is 12.2 Å². The highest BCUT2D eigenvalue weighted by Crippen LogP contribution is 1.99. The third-order valence-corrected chi connectivity index (χ3v) is 1.83. The molecule has 1 heterocycles. The smallest absolute Gasteiger partial charge is 0.327 e. The van der Waals surface area contributed by atoms with E-state index in [-0.39, 0.29) is 13.1 Å². The van der Waals surface area contributed by atoms with Gasteiger partial charge in [-0.2, -0.15) is 0 Å². The molecule has 0 saturated carbocycles. The molecule has 0 amide bonds. The van der Waals surface area contributed by atoms with E-state index in [4.69, 9.17) is 4.74 Å². The molecular weight excluding hydrogens is 198 g/mol. The number of esters is 2. The Morgan fingerprint density at radius 1 is 1.47 bits per heavy atom. The molecule has 84 valence electrons. The van der Waals surface area contributed by atoms with E-state index in [9.17, 15) is 9.59 Å². The summed E-state index contributed by atoms with van der Waals surface area (Å²) in [5, 5.41) is 0. The number of morpholine rings is 1. The lowest BCUT2D eigenvalue weighted by Crippen LogP contribution is -2.44. The van der Waals surface area contributed by atoms with Crippen LogP contribution in [0, 0.1) is 0 Å². The van der Waals surface area contributed by atoms with Crippen LogP contribution >= 0.6 is 0 Å². The Hall–Kier alpha value is -1.20. The topological polar surface area (TPSA) is 55.8 Å². The van der Waals surface area contributed by atoms with Crippen LogP contribution in [0.2, 0.25) is 0 Å². The maximum absolute atomic E-state index is 10.9. The van der Waals surface area contributed by atoms with E-state index in [0.717, 1.165) is 5.57 Å². The van der Waals surface area contributed by atoms with E-state index >= 15 is 0 Å². The lowest BCUT2D eigenvalue weighted by Gasteiger charge is -2.23. The van der Waals surface area contributed by atoms with Crippen molar-refractivity contribution in [3.05, 3.63) is 12.2 Å². The van der Waals surface area contributed by atoms with Crippen LogP contribution in [0.5, 0.6) is 0 Å². The summed E-state index contributed by atoms with van der Waals surface area (Å²) in [6.07, 6.45) is 0. The Morgan fingerprint density at radius 3 is 2.60 bits per heavy atom. The molecule has 15 heavy (non-hydrogen) atoms. The van der Waals surface area contributed by atoms with Gasteiger partial charge in [0.25, 0.3) is 0 Å². The van der Waals surface area contributed by atoms with Gasteiger partial charge in [0.1, 0.15) is 0 Å². The van der Waals surface area contributed by atoms with Crippen LogP contribution in [0.3, 0.4) is 0 Å². The molecule has 0 N–H and O–H groups in total. The first-order chi connectivity index (χ1) is 7.08. The summed E-state index contributed by atoms with van der Waals surface area (Å²) in [6, 6.07) is 0. The number of carbonyl (C=O) groups is 2. The molecule has 1 saturated heterocycles. The van der Waals surface area contributed by atoms with Crippen molar-refractivity contribution in [3.8, 4) is 0 Å². The van der Waals surface area contributed by atoms with Crippen molar-refractivity contribution in [2.75, 3.05) is 32.8 Å². The minimum Gasteiger partial charge on any atom is -0.391 e. The van der Waals surface area contributed by atoms with Crippen molar-refractivity contribution in [2.45, 2.75) is 6.92 Å². The number of ether oxygens (including phenoxy) is 2. The number of hydrogen-bond acceptors (Lipinski definition) is 5. The zero-order valence-electron chi connectivity index (χ0n) is 8.82. The van der Waals surface area contributed by atoms with Gasteiger partial charge in [-0.1, -0.05) is 12.2 Å². The molecule has 5 nitrogen and oxygen atoms in total. The van der Waals surface area contributed by atoms with Crippen molar-refractivity contribution in [2.24, 2.45) is 0 Å². The normalized spacial score (nSPS) is 17.7. The minimum absolute atomic E-state index is 0.155. The molecule has 1 fully saturated rings. The van der Waals surface area contributed by atoms with Gasteiger partial charge in [-0.15, -0.1) is 0 Å². The second-order valence-electron chi connectivity index (χ2n) is 3.57. The number of nitrogens with zero attached hydrogens (tertiary/aromatic N) is 1. The predicted octanol–water partition coefficient (Wildman–Crippen LogP) is -0.0355. The van der Waals surface area contributed by atoms with Crippen molar-refractivity contribution in [1.29, 1.82) is 0 Å². The molecule has 0 unspecified atom stereocenters. The Bertz CT molecular complexity index is 259. The third kappa shape index (κ3) is 4.71. The standard InChI is InChI=1S/C10H15NO4/c1-8(2)7-14-4-3-11-5-9(12)15-10(13)6-11/h1,3-7H2,2H3. The minimum atomic E-state index is -0.494. The number of hydrogen-bond donors (Lipinski definition) is 0. The molecule has 0 aliphatic carbocycles. The SMILES string of the molecule is C=C(C)COCCN1CC(=O)OC(=O)C1. The monoisotopic (exact) mass is 213 g/mol. The lowest BCUT2D eigenvalue weighted by atomic mass is 10.4. The van der Waals surface area contributed by atoms with Gasteiger partial charge in [-0.05, 0) is 6.92 Å². The van der Waals surface area contributed by atoms with E-state index in [1.54, 1.807) is 4.90 Å². The molecule has 0 aromatic heterocycles. The molecule has 1 aliphatic heterocycles. The highest BCUT2D eigenvalue weighted by molar-refractivity contribution is 5.90. The highest BCUT2D eigenvalue weighted by Gasteiger charge is 2.23. The van der Waals surface area contributed by atoms with Crippen LogP contribution in [-0.2, 0) is 19.1 Å². The molecular formula is C10H15NO4. The third-order valence-electron chi connectivity index (χ3n) is 1.83. The zero-order valence-corrected chi connectivity index (χ0v) is 8.82. The van der Waals surface area contributed by atoms with Crippen molar-refractivity contribution >= 4 is 11.9 Å². The van der Waals surface area contributed by atoms with Crippen LogP contribution in [0.25, 0.3) is 0 Å². The second kappa shape index (κ2) is 5.63. The van der Waals surface area contributed by atoms with E-state index < -0.39 is 11.9 Å². The summed E-state index contributed by atoms with van der Waals surface area (Å²) in [4.78, 5) is 23.5. The first-order valence-electron chi connectivity index (χ1n) is 4.76. The Labute approximate surface area is 88.6 Å². The Kier molecular flexibility index (Phi) is 4.45. The van der Waals surface area contributed by atoms with Crippen LogP contribution in [-0.4, -0.2) is 49.7 Å². The summed E-state index contributed by atoms with van der Waals surface area (Å²) >= 11 is 0. The van der Waals surface area contributed by atoms with Crippen LogP contribution < -0.4 is 0 Å². The number of rotatable bonds is 5. The maximum atomic E-state index is 10.9. The largest absolute Gasteiger partial charge is 0.391 e. The number of cyclic esters (lactones) is 2. The molecule has 0 aromatic carbocycles. The van der Waals surface area contributed by atoms with E-state index in [1.165, 1.54) is 0 Å². The highest BCUT2D eigenvalue weighted by atomic mass is 16.6. The van der Waals surface area contributed by atoms with Gasteiger partial charge < -0.3 is 9.47 Å². The Morgan fingerprint density at radius 2 is 2.07 bits per heavy atom. The summed E-state index contributed by atoms with van der Waals surface area (Å²) in [7, 11) is 0. The molecule has 0 bridgehead atoms.